The normalized spacial score (nSPS) is 22.9. The van der Waals surface area contributed by atoms with E-state index in [9.17, 15) is 4.79 Å². The Morgan fingerprint density at radius 3 is 2.56 bits per heavy atom. The molecule has 0 spiro atoms. The number of aryl methyl sites for hydroxylation is 1. The molecular formula is C35H47N3O. The number of piperidine rings is 1. The number of unbranched alkanes of at least 4 members (excludes halogenated alkanes) is 1. The van der Waals surface area contributed by atoms with Crippen molar-refractivity contribution in [3.63, 3.8) is 0 Å². The van der Waals surface area contributed by atoms with Gasteiger partial charge in [-0.1, -0.05) is 56.5 Å². The number of benzene rings is 2. The van der Waals surface area contributed by atoms with Gasteiger partial charge in [-0.3, -0.25) is 4.79 Å². The highest BCUT2D eigenvalue weighted by Crippen LogP contribution is 2.50. The van der Waals surface area contributed by atoms with Crippen molar-refractivity contribution in [2.45, 2.75) is 83.1 Å². The minimum atomic E-state index is 0.183. The number of aromatic nitrogens is 1. The van der Waals surface area contributed by atoms with Crippen molar-refractivity contribution in [3.8, 4) is 0 Å². The van der Waals surface area contributed by atoms with Crippen LogP contribution in [0.5, 0.6) is 0 Å². The Bertz CT molecular complexity index is 1290. The van der Waals surface area contributed by atoms with E-state index in [1.54, 1.807) is 11.1 Å². The van der Waals surface area contributed by atoms with Crippen molar-refractivity contribution < 1.29 is 4.79 Å². The molecule has 1 unspecified atom stereocenters. The van der Waals surface area contributed by atoms with Gasteiger partial charge in [-0.2, -0.15) is 0 Å². The highest BCUT2D eigenvalue weighted by molar-refractivity contribution is 6.00. The molecule has 2 fully saturated rings. The summed E-state index contributed by atoms with van der Waals surface area (Å²) in [6, 6.07) is 18.3. The zero-order valence-corrected chi connectivity index (χ0v) is 24.2. The minimum Gasteiger partial charge on any atom is -0.341 e. The largest absolute Gasteiger partial charge is 0.341 e. The fraction of sp³-hybridized carbons (Fsp3) is 0.571. The third-order valence-electron chi connectivity index (χ3n) is 10.4. The number of ketones is 1. The molecular weight excluding hydrogens is 478 g/mol. The van der Waals surface area contributed by atoms with Gasteiger partial charge in [0.1, 0.15) is 0 Å². The molecule has 1 aliphatic carbocycles. The molecule has 1 saturated heterocycles. The molecule has 0 radical (unpaired) electrons. The first kappa shape index (κ1) is 26.8. The van der Waals surface area contributed by atoms with Crippen molar-refractivity contribution in [2.24, 2.45) is 18.9 Å². The predicted molar refractivity (Wildman–Crippen MR) is 161 cm³/mol. The lowest BCUT2D eigenvalue weighted by Crippen LogP contribution is -2.58. The molecule has 1 N–H and O–H groups in total. The van der Waals surface area contributed by atoms with Crippen molar-refractivity contribution in [1.29, 1.82) is 0 Å². The summed E-state index contributed by atoms with van der Waals surface area (Å²) in [6.07, 6.45) is 13.1. The number of rotatable bonds is 9. The van der Waals surface area contributed by atoms with Crippen LogP contribution in [-0.2, 0) is 25.4 Å². The summed E-state index contributed by atoms with van der Waals surface area (Å²) in [5.41, 5.74) is 6.81. The molecule has 4 heteroatoms. The first-order valence-corrected chi connectivity index (χ1v) is 15.8. The van der Waals surface area contributed by atoms with Gasteiger partial charge in [0.25, 0.3) is 0 Å². The molecule has 39 heavy (non-hydrogen) atoms. The number of hydrogen-bond donors (Lipinski definition) is 1. The lowest BCUT2D eigenvalue weighted by molar-refractivity contribution is 0.0561. The maximum Gasteiger partial charge on any atom is 0.179 e. The summed E-state index contributed by atoms with van der Waals surface area (Å²) >= 11 is 0. The lowest BCUT2D eigenvalue weighted by Gasteiger charge is -2.52. The van der Waals surface area contributed by atoms with Gasteiger partial charge in [-0.25, -0.2) is 0 Å². The molecule has 2 aliphatic heterocycles. The maximum atomic E-state index is 12.7. The van der Waals surface area contributed by atoms with Crippen LogP contribution in [0.15, 0.2) is 48.5 Å². The van der Waals surface area contributed by atoms with Gasteiger partial charge < -0.3 is 14.8 Å². The van der Waals surface area contributed by atoms with E-state index in [4.69, 9.17) is 0 Å². The number of carbonyl (C=O) groups excluding carboxylic acids is 1. The molecule has 3 aromatic rings. The van der Waals surface area contributed by atoms with Crippen molar-refractivity contribution in [3.05, 3.63) is 70.9 Å². The van der Waals surface area contributed by atoms with E-state index < -0.39 is 0 Å². The monoisotopic (exact) mass is 525 g/mol. The second-order valence-electron chi connectivity index (χ2n) is 12.6. The van der Waals surface area contributed by atoms with E-state index in [0.29, 0.717) is 6.42 Å². The first-order chi connectivity index (χ1) is 19.1. The topological polar surface area (TPSA) is 37.3 Å². The molecule has 3 aliphatic rings. The molecule has 3 heterocycles. The average Bonchev–Trinajstić information content (AvgIpc) is 3.63. The van der Waals surface area contributed by atoms with Crippen LogP contribution in [0.3, 0.4) is 0 Å². The van der Waals surface area contributed by atoms with E-state index in [1.165, 1.54) is 69.0 Å². The number of carbonyl (C=O) groups is 1. The minimum absolute atomic E-state index is 0.183. The number of nitrogens with one attached hydrogen (secondary N) is 1. The number of hydrogen-bond acceptors (Lipinski definition) is 3. The summed E-state index contributed by atoms with van der Waals surface area (Å²) < 4.78 is 2.08. The summed E-state index contributed by atoms with van der Waals surface area (Å²) in [6.45, 7) is 6.79. The van der Waals surface area contributed by atoms with E-state index in [1.807, 2.05) is 7.05 Å². The zero-order chi connectivity index (χ0) is 26.8. The quantitative estimate of drug-likeness (QED) is 0.305. The summed E-state index contributed by atoms with van der Waals surface area (Å²) in [4.78, 5) is 15.4. The smallest absolute Gasteiger partial charge is 0.179 e. The van der Waals surface area contributed by atoms with Gasteiger partial charge in [0.2, 0.25) is 0 Å². The van der Waals surface area contributed by atoms with Crippen LogP contribution < -0.4 is 5.32 Å². The van der Waals surface area contributed by atoms with E-state index in [0.717, 1.165) is 55.4 Å². The van der Waals surface area contributed by atoms with Crippen LogP contribution in [0.2, 0.25) is 0 Å². The zero-order valence-electron chi connectivity index (χ0n) is 24.2. The van der Waals surface area contributed by atoms with Crippen LogP contribution in [-0.4, -0.2) is 41.4 Å². The SMILES string of the molecule is CCCCC(=O)c1cc2cc(CCN3CCC(C4(C5CCCC5)NCCc5ccccc54)CC3)ccc2n1C. The first-order valence-electron chi connectivity index (χ1n) is 15.8. The van der Waals surface area contributed by atoms with Gasteiger partial charge in [-0.05, 0) is 105 Å². The van der Waals surface area contributed by atoms with Crippen molar-refractivity contribution in [1.82, 2.24) is 14.8 Å². The van der Waals surface area contributed by atoms with Crippen LogP contribution in [0, 0.1) is 11.8 Å². The summed E-state index contributed by atoms with van der Waals surface area (Å²) in [5.74, 6) is 1.78. The number of likely N-dealkylation sites (tertiary alicyclic amines) is 1. The third kappa shape index (κ3) is 5.11. The van der Waals surface area contributed by atoms with Crippen LogP contribution in [0.4, 0.5) is 0 Å². The average molecular weight is 526 g/mol. The van der Waals surface area contributed by atoms with Crippen LogP contribution in [0.25, 0.3) is 10.9 Å². The van der Waals surface area contributed by atoms with Gasteiger partial charge in [0.05, 0.1) is 5.69 Å². The van der Waals surface area contributed by atoms with E-state index >= 15 is 0 Å². The lowest BCUT2D eigenvalue weighted by atomic mass is 9.63. The van der Waals surface area contributed by atoms with Gasteiger partial charge in [-0.15, -0.1) is 0 Å². The van der Waals surface area contributed by atoms with Gasteiger partial charge in [0.15, 0.2) is 5.78 Å². The number of nitrogens with zero attached hydrogens (tertiary/aromatic N) is 2. The molecule has 208 valence electrons. The maximum absolute atomic E-state index is 12.7. The molecule has 0 amide bonds. The molecule has 1 saturated carbocycles. The Kier molecular flexibility index (Phi) is 7.95. The standard InChI is InChI=1S/C35H47N3O/c1-3-4-13-34(39)33-25-28-24-26(14-15-32(28)37(33)2)17-21-38-22-18-30(19-23-38)35(29-10-6-7-11-29)31-12-8-5-9-27(31)16-20-36-35/h5,8-9,12,14-15,24-25,29-30,36H,3-4,6-7,10-11,13,16-23H2,1-2H3. The Balaban J connectivity index is 1.11. The van der Waals surface area contributed by atoms with Gasteiger partial charge >= 0.3 is 0 Å². The molecule has 2 aromatic carbocycles. The van der Waals surface area contributed by atoms with Crippen molar-refractivity contribution >= 4 is 16.7 Å². The highest BCUT2D eigenvalue weighted by Gasteiger charge is 2.49. The fourth-order valence-electron chi connectivity index (χ4n) is 8.27. The summed E-state index contributed by atoms with van der Waals surface area (Å²) in [7, 11) is 2.03. The van der Waals surface area contributed by atoms with Crippen LogP contribution >= 0.6 is 0 Å². The number of Topliss-reactive ketones (excluding diaryl/α,β-unsaturated/α-hetero) is 1. The number of fused-ring (bicyclic) bond motifs is 2. The Morgan fingerprint density at radius 1 is 1.00 bits per heavy atom. The van der Waals surface area contributed by atoms with E-state index in [2.05, 4.69) is 70.2 Å². The Labute approximate surface area is 235 Å². The third-order valence-corrected chi connectivity index (χ3v) is 10.4. The predicted octanol–water partition coefficient (Wildman–Crippen LogP) is 7.04. The van der Waals surface area contributed by atoms with Crippen LogP contribution in [0.1, 0.15) is 91.9 Å². The van der Waals surface area contributed by atoms with Gasteiger partial charge in [0, 0.05) is 43.0 Å². The molecule has 4 nitrogen and oxygen atoms in total. The molecule has 6 rings (SSSR count). The highest BCUT2D eigenvalue weighted by atomic mass is 16.1. The molecule has 1 atom stereocenters. The summed E-state index contributed by atoms with van der Waals surface area (Å²) in [5, 5.41) is 5.37. The Hall–Kier alpha value is -2.43. The fourth-order valence-corrected chi connectivity index (χ4v) is 8.27. The second-order valence-corrected chi connectivity index (χ2v) is 12.6. The second kappa shape index (κ2) is 11.6. The molecule has 0 bridgehead atoms. The van der Waals surface area contributed by atoms with E-state index in [-0.39, 0.29) is 11.3 Å². The van der Waals surface area contributed by atoms with Crippen molar-refractivity contribution in [2.75, 3.05) is 26.2 Å². The molecule has 1 aromatic heterocycles. The Morgan fingerprint density at radius 2 is 1.77 bits per heavy atom.